The van der Waals surface area contributed by atoms with Crippen LogP contribution < -0.4 is 15.5 Å². The number of amides is 1. The molecule has 0 spiro atoms. The Labute approximate surface area is 148 Å². The molecule has 2 aliphatic rings. The Morgan fingerprint density at radius 2 is 2.08 bits per heavy atom. The van der Waals surface area contributed by atoms with Crippen LogP contribution in [0.15, 0.2) is 36.5 Å². The molecule has 1 aromatic heterocycles. The lowest BCUT2D eigenvalue weighted by molar-refractivity contribution is -0.119. The highest BCUT2D eigenvalue weighted by molar-refractivity contribution is 5.93. The number of hydrogen-bond acceptors (Lipinski definition) is 4. The van der Waals surface area contributed by atoms with Gasteiger partial charge in [0, 0.05) is 56.8 Å². The van der Waals surface area contributed by atoms with Crippen molar-refractivity contribution >= 4 is 17.4 Å². The Hall–Kier alpha value is -2.34. The van der Waals surface area contributed by atoms with E-state index in [4.69, 9.17) is 0 Å². The summed E-state index contributed by atoms with van der Waals surface area (Å²) in [4.78, 5) is 13.9. The minimum Gasteiger partial charge on any atom is -0.370 e. The van der Waals surface area contributed by atoms with E-state index < -0.39 is 0 Å². The van der Waals surface area contributed by atoms with Crippen LogP contribution >= 0.6 is 0 Å². The van der Waals surface area contributed by atoms with E-state index in [0.29, 0.717) is 12.3 Å². The molecule has 0 radical (unpaired) electrons. The van der Waals surface area contributed by atoms with Gasteiger partial charge in [0.15, 0.2) is 0 Å². The fourth-order valence-corrected chi connectivity index (χ4v) is 3.62. The molecule has 6 heteroatoms. The Kier molecular flexibility index (Phi) is 4.70. The van der Waals surface area contributed by atoms with Gasteiger partial charge < -0.3 is 15.5 Å². The van der Waals surface area contributed by atoms with Crippen LogP contribution in [0.3, 0.4) is 0 Å². The molecular formula is C19H25N5O. The summed E-state index contributed by atoms with van der Waals surface area (Å²) in [7, 11) is 0. The average molecular weight is 339 g/mol. The van der Waals surface area contributed by atoms with Gasteiger partial charge in [0.05, 0.1) is 6.20 Å². The number of aromatic nitrogens is 2. The molecular weight excluding hydrogens is 314 g/mol. The van der Waals surface area contributed by atoms with Crippen LogP contribution in [0.1, 0.15) is 24.8 Å². The van der Waals surface area contributed by atoms with Crippen LogP contribution in [0, 0.1) is 5.92 Å². The number of fused-ring (bicyclic) bond motifs is 1. The SMILES string of the molecule is O=C1CCCCN1c1ccc(CNCC2CNc3ccnn3C2)cc1. The number of carbonyl (C=O) groups is 1. The topological polar surface area (TPSA) is 62.2 Å². The van der Waals surface area contributed by atoms with Gasteiger partial charge >= 0.3 is 0 Å². The molecule has 1 aromatic carbocycles. The summed E-state index contributed by atoms with van der Waals surface area (Å²) in [6, 6.07) is 10.4. The van der Waals surface area contributed by atoms with E-state index in [1.165, 1.54) is 5.56 Å². The third-order valence-electron chi connectivity index (χ3n) is 5.05. The highest BCUT2D eigenvalue weighted by Crippen LogP contribution is 2.21. The van der Waals surface area contributed by atoms with E-state index >= 15 is 0 Å². The standard InChI is InChI=1S/C19H25N5O/c25-19-3-1-2-10-23(19)17-6-4-15(5-7-17)11-20-12-16-13-21-18-8-9-22-24(18)14-16/h4-9,16,20-21H,1-3,10-14H2. The predicted octanol–water partition coefficient (Wildman–Crippen LogP) is 2.23. The van der Waals surface area contributed by atoms with Gasteiger partial charge in [-0.1, -0.05) is 12.1 Å². The number of rotatable bonds is 5. The maximum Gasteiger partial charge on any atom is 0.226 e. The molecule has 0 aliphatic carbocycles. The van der Waals surface area contributed by atoms with Crippen LogP contribution in [0.4, 0.5) is 11.5 Å². The first-order chi connectivity index (χ1) is 12.3. The molecule has 25 heavy (non-hydrogen) atoms. The van der Waals surface area contributed by atoms with Crippen molar-refractivity contribution < 1.29 is 4.79 Å². The maximum atomic E-state index is 12.0. The zero-order valence-corrected chi connectivity index (χ0v) is 14.4. The van der Waals surface area contributed by atoms with Crippen molar-refractivity contribution in [3.05, 3.63) is 42.1 Å². The van der Waals surface area contributed by atoms with Crippen LogP contribution in [0.5, 0.6) is 0 Å². The van der Waals surface area contributed by atoms with Gasteiger partial charge in [-0.25, -0.2) is 4.68 Å². The van der Waals surface area contributed by atoms with Crippen molar-refractivity contribution in [2.24, 2.45) is 5.92 Å². The van der Waals surface area contributed by atoms with Gasteiger partial charge in [-0.3, -0.25) is 4.79 Å². The molecule has 1 atom stereocenters. The summed E-state index contributed by atoms with van der Waals surface area (Å²) in [6.07, 6.45) is 4.64. The first kappa shape index (κ1) is 16.1. The lowest BCUT2D eigenvalue weighted by atomic mass is 10.1. The number of carbonyl (C=O) groups excluding carboxylic acids is 1. The Morgan fingerprint density at radius 3 is 2.92 bits per heavy atom. The molecule has 1 fully saturated rings. The van der Waals surface area contributed by atoms with Crippen molar-refractivity contribution in [3.8, 4) is 0 Å². The van der Waals surface area contributed by atoms with Gasteiger partial charge in [0.25, 0.3) is 0 Å². The summed E-state index contributed by atoms with van der Waals surface area (Å²) in [6.45, 7) is 4.59. The normalized spacial score (nSPS) is 20.2. The number of anilines is 2. The fourth-order valence-electron chi connectivity index (χ4n) is 3.62. The molecule has 132 valence electrons. The van der Waals surface area contributed by atoms with Gasteiger partial charge in [-0.05, 0) is 30.5 Å². The summed E-state index contributed by atoms with van der Waals surface area (Å²) >= 11 is 0. The molecule has 0 bridgehead atoms. The highest BCUT2D eigenvalue weighted by atomic mass is 16.2. The number of nitrogens with one attached hydrogen (secondary N) is 2. The van der Waals surface area contributed by atoms with Crippen LogP contribution in [-0.2, 0) is 17.9 Å². The second-order valence-corrected chi connectivity index (χ2v) is 6.95. The van der Waals surface area contributed by atoms with E-state index in [2.05, 4.69) is 40.0 Å². The van der Waals surface area contributed by atoms with Crippen LogP contribution in [-0.4, -0.2) is 35.3 Å². The summed E-state index contributed by atoms with van der Waals surface area (Å²) < 4.78 is 2.03. The Balaban J connectivity index is 1.27. The van der Waals surface area contributed by atoms with Gasteiger partial charge in [0.2, 0.25) is 5.91 Å². The summed E-state index contributed by atoms with van der Waals surface area (Å²) in [5, 5.41) is 11.3. The monoisotopic (exact) mass is 339 g/mol. The third-order valence-corrected chi connectivity index (χ3v) is 5.05. The highest BCUT2D eigenvalue weighted by Gasteiger charge is 2.19. The van der Waals surface area contributed by atoms with Gasteiger partial charge in [-0.15, -0.1) is 0 Å². The molecule has 2 aliphatic heterocycles. The van der Waals surface area contributed by atoms with Gasteiger partial charge in [-0.2, -0.15) is 5.10 Å². The van der Waals surface area contributed by atoms with Crippen LogP contribution in [0.25, 0.3) is 0 Å². The summed E-state index contributed by atoms with van der Waals surface area (Å²) in [5.41, 5.74) is 2.27. The van der Waals surface area contributed by atoms with Crippen molar-refractivity contribution in [3.63, 3.8) is 0 Å². The zero-order chi connectivity index (χ0) is 17.1. The number of piperidine rings is 1. The molecule has 1 unspecified atom stereocenters. The minimum absolute atomic E-state index is 0.250. The lowest BCUT2D eigenvalue weighted by Crippen LogP contribution is -2.35. The van der Waals surface area contributed by atoms with E-state index in [9.17, 15) is 4.79 Å². The number of hydrogen-bond donors (Lipinski definition) is 2. The van der Waals surface area contributed by atoms with Gasteiger partial charge in [0.1, 0.15) is 5.82 Å². The largest absolute Gasteiger partial charge is 0.370 e. The molecule has 1 saturated heterocycles. The molecule has 3 heterocycles. The average Bonchev–Trinajstić information content (AvgIpc) is 3.11. The Morgan fingerprint density at radius 1 is 1.20 bits per heavy atom. The molecule has 4 rings (SSSR count). The van der Waals surface area contributed by atoms with Crippen molar-refractivity contribution in [2.45, 2.75) is 32.4 Å². The number of nitrogens with zero attached hydrogens (tertiary/aromatic N) is 3. The minimum atomic E-state index is 0.250. The lowest BCUT2D eigenvalue weighted by Gasteiger charge is -2.27. The molecule has 0 saturated carbocycles. The number of benzene rings is 1. The fraction of sp³-hybridized carbons (Fsp3) is 0.474. The van der Waals surface area contributed by atoms with Crippen molar-refractivity contribution in [2.75, 3.05) is 29.9 Å². The molecule has 6 nitrogen and oxygen atoms in total. The quantitative estimate of drug-likeness (QED) is 0.877. The van der Waals surface area contributed by atoms with Crippen LogP contribution in [0.2, 0.25) is 0 Å². The maximum absolute atomic E-state index is 12.0. The first-order valence-electron chi connectivity index (χ1n) is 9.15. The predicted molar refractivity (Wildman–Crippen MR) is 98.6 cm³/mol. The van der Waals surface area contributed by atoms with Crippen molar-refractivity contribution in [1.82, 2.24) is 15.1 Å². The second kappa shape index (κ2) is 7.27. The molecule has 2 N–H and O–H groups in total. The van der Waals surface area contributed by atoms with E-state index in [-0.39, 0.29) is 5.91 Å². The van der Waals surface area contributed by atoms with Crippen molar-refractivity contribution in [1.29, 1.82) is 0 Å². The second-order valence-electron chi connectivity index (χ2n) is 6.95. The smallest absolute Gasteiger partial charge is 0.226 e. The third kappa shape index (κ3) is 3.69. The first-order valence-corrected chi connectivity index (χ1v) is 9.15. The van der Waals surface area contributed by atoms with E-state index in [1.807, 2.05) is 21.8 Å². The van der Waals surface area contributed by atoms with E-state index in [1.54, 1.807) is 0 Å². The summed E-state index contributed by atoms with van der Waals surface area (Å²) in [5.74, 6) is 1.90. The Bertz CT molecular complexity index is 724. The molecule has 1 amide bonds. The van der Waals surface area contributed by atoms with E-state index in [0.717, 1.165) is 57.1 Å². The molecule has 2 aromatic rings. The zero-order valence-electron chi connectivity index (χ0n) is 14.4.